The maximum Gasteiger partial charge on any atom is 0.193 e. The van der Waals surface area contributed by atoms with Gasteiger partial charge < -0.3 is 10.3 Å². The van der Waals surface area contributed by atoms with Gasteiger partial charge in [0.15, 0.2) is 5.76 Å². The van der Waals surface area contributed by atoms with Crippen LogP contribution < -0.4 is 5.73 Å². The van der Waals surface area contributed by atoms with Crippen LogP contribution in [0.5, 0.6) is 0 Å². The third-order valence-corrected chi connectivity index (χ3v) is 2.64. The number of nitrogen functional groups attached to an aromatic ring is 1. The van der Waals surface area contributed by atoms with E-state index in [1.165, 1.54) is 6.20 Å². The first-order valence-electron chi connectivity index (χ1n) is 5.28. The molecule has 0 fully saturated rings. The molecule has 0 spiro atoms. The molecule has 0 aromatic carbocycles. The van der Waals surface area contributed by atoms with Gasteiger partial charge in [0.05, 0.1) is 17.5 Å². The van der Waals surface area contributed by atoms with Crippen LogP contribution >= 0.6 is 0 Å². The monoisotopic (exact) mass is 220 g/mol. The number of hydrogen-bond acceptors (Lipinski definition) is 4. The molecule has 16 heavy (non-hydrogen) atoms. The Morgan fingerprint density at radius 3 is 2.50 bits per heavy atom. The SMILES string of the molecule is Cc1nn(C(C)C)c(C)c1-c1oncc1N. The summed E-state index contributed by atoms with van der Waals surface area (Å²) in [6, 6.07) is 0.316. The van der Waals surface area contributed by atoms with E-state index in [0.717, 1.165) is 17.0 Å². The lowest BCUT2D eigenvalue weighted by Gasteiger charge is -2.07. The van der Waals surface area contributed by atoms with Crippen LogP contribution in [-0.2, 0) is 0 Å². The molecule has 0 radical (unpaired) electrons. The molecule has 2 N–H and O–H groups in total. The van der Waals surface area contributed by atoms with Crippen molar-refractivity contribution < 1.29 is 4.52 Å². The largest absolute Gasteiger partial charge is 0.394 e. The topological polar surface area (TPSA) is 69.9 Å². The molecule has 86 valence electrons. The highest BCUT2D eigenvalue weighted by atomic mass is 16.5. The zero-order valence-electron chi connectivity index (χ0n) is 9.98. The lowest BCUT2D eigenvalue weighted by atomic mass is 10.1. The van der Waals surface area contributed by atoms with Crippen molar-refractivity contribution in [1.82, 2.24) is 14.9 Å². The van der Waals surface area contributed by atoms with Gasteiger partial charge in [-0.25, -0.2) is 0 Å². The van der Waals surface area contributed by atoms with Crippen LogP contribution in [0.1, 0.15) is 31.3 Å². The summed E-state index contributed by atoms with van der Waals surface area (Å²) in [7, 11) is 0. The van der Waals surface area contributed by atoms with E-state index in [1.807, 2.05) is 18.5 Å². The van der Waals surface area contributed by atoms with E-state index in [9.17, 15) is 0 Å². The summed E-state index contributed by atoms with van der Waals surface area (Å²) in [5, 5.41) is 8.18. The molecular formula is C11H16N4O. The van der Waals surface area contributed by atoms with Crippen molar-refractivity contribution in [1.29, 1.82) is 0 Å². The Morgan fingerprint density at radius 1 is 1.38 bits per heavy atom. The molecule has 2 aromatic rings. The summed E-state index contributed by atoms with van der Waals surface area (Å²) in [5.74, 6) is 0.613. The molecule has 5 heteroatoms. The maximum absolute atomic E-state index is 5.80. The summed E-state index contributed by atoms with van der Waals surface area (Å²) < 4.78 is 7.14. The number of aromatic nitrogens is 3. The summed E-state index contributed by atoms with van der Waals surface area (Å²) in [4.78, 5) is 0. The second-order valence-corrected chi connectivity index (χ2v) is 4.19. The van der Waals surface area contributed by atoms with E-state index in [-0.39, 0.29) is 0 Å². The minimum Gasteiger partial charge on any atom is -0.394 e. The predicted octanol–water partition coefficient (Wildman–Crippen LogP) is 2.32. The molecule has 0 amide bonds. The van der Waals surface area contributed by atoms with Crippen molar-refractivity contribution in [3.63, 3.8) is 0 Å². The summed E-state index contributed by atoms with van der Waals surface area (Å²) in [5.41, 5.74) is 9.26. The molecule has 0 unspecified atom stereocenters. The molecule has 0 atom stereocenters. The van der Waals surface area contributed by atoms with Crippen molar-refractivity contribution in [2.45, 2.75) is 33.7 Å². The van der Waals surface area contributed by atoms with E-state index >= 15 is 0 Å². The second-order valence-electron chi connectivity index (χ2n) is 4.19. The number of aryl methyl sites for hydroxylation is 1. The van der Waals surface area contributed by atoms with Crippen molar-refractivity contribution >= 4 is 5.69 Å². The summed E-state index contributed by atoms with van der Waals surface area (Å²) in [6.45, 7) is 8.14. The van der Waals surface area contributed by atoms with Gasteiger partial charge in [-0.05, 0) is 27.7 Å². The molecule has 5 nitrogen and oxygen atoms in total. The van der Waals surface area contributed by atoms with Crippen molar-refractivity contribution in [2.75, 3.05) is 5.73 Å². The number of nitrogens with two attached hydrogens (primary N) is 1. The van der Waals surface area contributed by atoms with E-state index < -0.39 is 0 Å². The highest BCUT2D eigenvalue weighted by Gasteiger charge is 2.19. The highest BCUT2D eigenvalue weighted by molar-refractivity contribution is 5.73. The quantitative estimate of drug-likeness (QED) is 0.843. The zero-order valence-corrected chi connectivity index (χ0v) is 9.98. The van der Waals surface area contributed by atoms with Crippen LogP contribution in [0.25, 0.3) is 11.3 Å². The lowest BCUT2D eigenvalue weighted by molar-refractivity contribution is 0.432. The molecule has 0 bridgehead atoms. The molecule has 2 heterocycles. The van der Waals surface area contributed by atoms with Gasteiger partial charge in [0.2, 0.25) is 0 Å². The molecular weight excluding hydrogens is 204 g/mol. The van der Waals surface area contributed by atoms with Crippen LogP contribution in [0.3, 0.4) is 0 Å². The Hall–Kier alpha value is -1.78. The Kier molecular flexibility index (Phi) is 2.46. The number of hydrogen-bond donors (Lipinski definition) is 1. The van der Waals surface area contributed by atoms with Crippen LogP contribution in [0.2, 0.25) is 0 Å². The van der Waals surface area contributed by atoms with Gasteiger partial charge in [0.1, 0.15) is 5.69 Å². The smallest absolute Gasteiger partial charge is 0.193 e. The van der Waals surface area contributed by atoms with E-state index in [2.05, 4.69) is 24.1 Å². The number of rotatable bonds is 2. The maximum atomic E-state index is 5.80. The Balaban J connectivity index is 2.62. The van der Waals surface area contributed by atoms with E-state index in [1.54, 1.807) is 0 Å². The van der Waals surface area contributed by atoms with Gasteiger partial charge in [-0.1, -0.05) is 5.16 Å². The average Bonchev–Trinajstić information content (AvgIpc) is 2.71. The summed E-state index contributed by atoms with van der Waals surface area (Å²) >= 11 is 0. The molecule has 0 aliphatic rings. The number of anilines is 1. The van der Waals surface area contributed by atoms with Crippen LogP contribution in [0.15, 0.2) is 10.7 Å². The highest BCUT2D eigenvalue weighted by Crippen LogP contribution is 2.32. The molecule has 0 saturated heterocycles. The standard InChI is InChI=1S/C11H16N4O/c1-6(2)15-8(4)10(7(3)14-15)11-9(12)5-13-16-11/h5-6H,12H2,1-4H3. The zero-order chi connectivity index (χ0) is 11.9. The minimum absolute atomic E-state index is 0.316. The predicted molar refractivity (Wildman–Crippen MR) is 62.0 cm³/mol. The average molecular weight is 220 g/mol. The van der Waals surface area contributed by atoms with Crippen molar-refractivity contribution in [3.05, 3.63) is 17.6 Å². The van der Waals surface area contributed by atoms with Crippen molar-refractivity contribution in [2.24, 2.45) is 0 Å². The van der Waals surface area contributed by atoms with Crippen LogP contribution in [0.4, 0.5) is 5.69 Å². The van der Waals surface area contributed by atoms with Gasteiger partial charge in [-0.2, -0.15) is 5.10 Å². The fourth-order valence-corrected chi connectivity index (χ4v) is 1.93. The van der Waals surface area contributed by atoms with Crippen LogP contribution in [0, 0.1) is 13.8 Å². The third kappa shape index (κ3) is 1.48. The minimum atomic E-state index is 0.316. The molecule has 0 aliphatic carbocycles. The Morgan fingerprint density at radius 2 is 2.06 bits per heavy atom. The second kappa shape index (κ2) is 3.66. The van der Waals surface area contributed by atoms with Gasteiger partial charge in [-0.15, -0.1) is 0 Å². The fraction of sp³-hybridized carbons (Fsp3) is 0.455. The third-order valence-electron chi connectivity index (χ3n) is 2.64. The first-order chi connectivity index (χ1) is 7.52. The number of nitrogens with zero attached hydrogens (tertiary/aromatic N) is 3. The van der Waals surface area contributed by atoms with Gasteiger partial charge in [-0.3, -0.25) is 4.68 Å². The first-order valence-corrected chi connectivity index (χ1v) is 5.28. The first kappa shape index (κ1) is 10.7. The molecule has 2 rings (SSSR count). The normalized spacial score (nSPS) is 11.3. The molecule has 0 aliphatic heterocycles. The van der Waals surface area contributed by atoms with E-state index in [4.69, 9.17) is 10.3 Å². The van der Waals surface area contributed by atoms with Crippen LogP contribution in [-0.4, -0.2) is 14.9 Å². The Bertz CT molecular complexity index is 510. The van der Waals surface area contributed by atoms with Gasteiger partial charge in [0, 0.05) is 11.7 Å². The molecule has 0 saturated carbocycles. The summed E-state index contributed by atoms with van der Waals surface area (Å²) in [6.07, 6.45) is 1.51. The van der Waals surface area contributed by atoms with Gasteiger partial charge >= 0.3 is 0 Å². The van der Waals surface area contributed by atoms with Crippen molar-refractivity contribution in [3.8, 4) is 11.3 Å². The molecule has 2 aromatic heterocycles. The van der Waals surface area contributed by atoms with Gasteiger partial charge in [0.25, 0.3) is 0 Å². The Labute approximate surface area is 94.2 Å². The van der Waals surface area contributed by atoms with E-state index in [0.29, 0.717) is 17.5 Å². The lowest BCUT2D eigenvalue weighted by Crippen LogP contribution is -2.04. The fourth-order valence-electron chi connectivity index (χ4n) is 1.93.